The number of esters is 1. The van der Waals surface area contributed by atoms with Crippen molar-refractivity contribution >= 4 is 33.8 Å². The van der Waals surface area contributed by atoms with Gasteiger partial charge in [0.1, 0.15) is 24.0 Å². The maximum Gasteiger partial charge on any atom is 0.410 e. The van der Waals surface area contributed by atoms with Crippen molar-refractivity contribution < 1.29 is 31.7 Å². The molecule has 1 aromatic rings. The minimum atomic E-state index is -4.05. The maximum atomic E-state index is 12.8. The molecule has 29 heavy (non-hydrogen) atoms. The summed E-state index contributed by atoms with van der Waals surface area (Å²) in [5, 5.41) is -0.755. The molecule has 0 spiro atoms. The molecule has 1 saturated heterocycles. The number of carbonyl (C=O) groups excluding carboxylic acids is 2. The minimum Gasteiger partial charge on any atom is -0.467 e. The van der Waals surface area contributed by atoms with E-state index in [1.165, 1.54) is 13.2 Å². The zero-order valence-corrected chi connectivity index (χ0v) is 17.8. The lowest BCUT2D eigenvalue weighted by Crippen LogP contribution is -2.49. The number of methoxy groups -OCH3 is 1. The molecule has 160 valence electrons. The van der Waals surface area contributed by atoms with Crippen LogP contribution in [0.25, 0.3) is 0 Å². The number of ether oxygens (including phenoxy) is 2. The minimum absolute atomic E-state index is 0.00621. The summed E-state index contributed by atoms with van der Waals surface area (Å²) in [4.78, 5) is 26.4. The van der Waals surface area contributed by atoms with Crippen molar-refractivity contribution in [2.45, 2.75) is 32.1 Å². The van der Waals surface area contributed by atoms with E-state index in [0.717, 1.165) is 10.5 Å². The van der Waals surface area contributed by atoms with Crippen molar-refractivity contribution in [2.75, 3.05) is 18.9 Å². The summed E-state index contributed by atoms with van der Waals surface area (Å²) in [6, 6.07) is 7.89. The highest BCUT2D eigenvalue weighted by molar-refractivity contribution is 7.87. The van der Waals surface area contributed by atoms with Gasteiger partial charge >= 0.3 is 12.1 Å². The Kier molecular flexibility index (Phi) is 7.67. The number of carbonyl (C=O) groups is 2. The molecule has 0 saturated carbocycles. The monoisotopic (exact) mass is 445 g/mol. The standard InChI is InChI=1S/C19H24ClNO7S/c1-4-10-19(2)15(28-29(24,25)13-20)11-21(16(19)17(22)26-3)18(23)27-12-14-8-6-5-7-9-14/h4-9,15-16H,1,10-13H2,2-3H3. The molecule has 1 fully saturated rings. The van der Waals surface area contributed by atoms with Crippen molar-refractivity contribution in [1.82, 2.24) is 4.90 Å². The molecule has 0 radical (unpaired) electrons. The number of benzene rings is 1. The van der Waals surface area contributed by atoms with Gasteiger partial charge in [-0.1, -0.05) is 43.3 Å². The van der Waals surface area contributed by atoms with Crippen molar-refractivity contribution in [1.29, 1.82) is 0 Å². The van der Waals surface area contributed by atoms with Crippen LogP contribution in [0.15, 0.2) is 43.0 Å². The number of hydrogen-bond acceptors (Lipinski definition) is 7. The second-order valence-electron chi connectivity index (χ2n) is 6.87. The molecule has 0 N–H and O–H groups in total. The number of nitrogens with zero attached hydrogens (tertiary/aromatic N) is 1. The van der Waals surface area contributed by atoms with E-state index in [2.05, 4.69) is 6.58 Å². The zero-order valence-electron chi connectivity index (χ0n) is 16.2. The summed E-state index contributed by atoms with van der Waals surface area (Å²) in [5.74, 6) is -0.708. The number of allylic oxidation sites excluding steroid dienone is 1. The average molecular weight is 446 g/mol. The molecule has 0 aliphatic carbocycles. The molecular formula is C19H24ClNO7S. The van der Waals surface area contributed by atoms with Gasteiger partial charge in [0.05, 0.1) is 13.7 Å². The van der Waals surface area contributed by atoms with Gasteiger partial charge in [0.2, 0.25) is 0 Å². The summed E-state index contributed by atoms with van der Waals surface area (Å²) in [7, 11) is -2.86. The fraction of sp³-hybridized carbons (Fsp3) is 0.474. The van der Waals surface area contributed by atoms with Gasteiger partial charge in [0.15, 0.2) is 0 Å². The first-order chi connectivity index (χ1) is 13.7. The number of alkyl halides is 1. The van der Waals surface area contributed by atoms with Crippen LogP contribution in [0.4, 0.5) is 4.79 Å². The van der Waals surface area contributed by atoms with Crippen LogP contribution >= 0.6 is 11.6 Å². The van der Waals surface area contributed by atoms with Crippen LogP contribution in [0.3, 0.4) is 0 Å². The molecule has 0 aromatic heterocycles. The van der Waals surface area contributed by atoms with Crippen LogP contribution in [0.1, 0.15) is 18.9 Å². The Labute approximate surface area is 175 Å². The predicted octanol–water partition coefficient (Wildman–Crippen LogP) is 2.67. The topological polar surface area (TPSA) is 99.2 Å². The molecule has 8 nitrogen and oxygen atoms in total. The summed E-state index contributed by atoms with van der Waals surface area (Å²) in [6.07, 6.45) is -0.0950. The van der Waals surface area contributed by atoms with Crippen molar-refractivity contribution in [3.63, 3.8) is 0 Å². The van der Waals surface area contributed by atoms with E-state index >= 15 is 0 Å². The Morgan fingerprint density at radius 3 is 2.55 bits per heavy atom. The Bertz CT molecular complexity index is 845. The van der Waals surface area contributed by atoms with Gasteiger partial charge in [-0.3, -0.25) is 9.08 Å². The smallest absolute Gasteiger partial charge is 0.410 e. The molecule has 1 heterocycles. The van der Waals surface area contributed by atoms with Crippen LogP contribution in [-0.4, -0.2) is 56.4 Å². The fourth-order valence-corrected chi connectivity index (χ4v) is 4.25. The molecule has 1 amide bonds. The molecule has 3 unspecified atom stereocenters. The molecule has 0 bridgehead atoms. The summed E-state index contributed by atoms with van der Waals surface area (Å²) in [6.45, 7) is 5.11. The van der Waals surface area contributed by atoms with Gasteiger partial charge in [0, 0.05) is 5.41 Å². The highest BCUT2D eigenvalue weighted by Gasteiger charge is 2.58. The van der Waals surface area contributed by atoms with Crippen molar-refractivity contribution in [3.05, 3.63) is 48.6 Å². The highest BCUT2D eigenvalue weighted by atomic mass is 35.5. The first-order valence-corrected chi connectivity index (χ1v) is 10.9. The molecule has 1 aromatic carbocycles. The molecule has 3 atom stereocenters. The molecular weight excluding hydrogens is 422 g/mol. The van der Waals surface area contributed by atoms with Gasteiger partial charge in [-0.25, -0.2) is 9.59 Å². The van der Waals surface area contributed by atoms with Crippen LogP contribution in [0.2, 0.25) is 0 Å². The first-order valence-electron chi connectivity index (χ1n) is 8.81. The second kappa shape index (κ2) is 9.60. The van der Waals surface area contributed by atoms with E-state index in [4.69, 9.17) is 25.3 Å². The van der Waals surface area contributed by atoms with Gasteiger partial charge in [-0.05, 0) is 12.0 Å². The summed E-state index contributed by atoms with van der Waals surface area (Å²) in [5.41, 5.74) is -0.347. The number of likely N-dealkylation sites (tertiary alicyclic amines) is 1. The van der Waals surface area contributed by atoms with Gasteiger partial charge in [0.25, 0.3) is 10.1 Å². The Morgan fingerprint density at radius 1 is 1.34 bits per heavy atom. The number of halogens is 1. The first kappa shape index (κ1) is 23.2. The number of rotatable bonds is 8. The SMILES string of the molecule is C=CCC1(C)C(OS(=O)(=O)CCl)CN(C(=O)OCc2ccccc2)C1C(=O)OC. The lowest BCUT2D eigenvalue weighted by atomic mass is 9.77. The Morgan fingerprint density at radius 2 is 2.00 bits per heavy atom. The molecule has 10 heteroatoms. The number of hydrogen-bond donors (Lipinski definition) is 0. The third kappa shape index (κ3) is 5.29. The second-order valence-corrected chi connectivity index (χ2v) is 9.05. The van der Waals surface area contributed by atoms with Gasteiger partial charge in [-0.15, -0.1) is 18.2 Å². The predicted molar refractivity (Wildman–Crippen MR) is 107 cm³/mol. The van der Waals surface area contributed by atoms with Crippen LogP contribution in [0.5, 0.6) is 0 Å². The molecule has 2 rings (SSSR count). The highest BCUT2D eigenvalue weighted by Crippen LogP contribution is 2.43. The average Bonchev–Trinajstić information content (AvgIpc) is 2.98. The lowest BCUT2D eigenvalue weighted by Gasteiger charge is -2.34. The fourth-order valence-electron chi connectivity index (χ4n) is 3.41. The third-order valence-corrected chi connectivity index (χ3v) is 6.47. The van der Waals surface area contributed by atoms with E-state index in [9.17, 15) is 18.0 Å². The van der Waals surface area contributed by atoms with Gasteiger partial charge < -0.3 is 9.47 Å². The third-order valence-electron chi connectivity index (χ3n) is 4.88. The van der Waals surface area contributed by atoms with Crippen LogP contribution in [0, 0.1) is 5.41 Å². The van der Waals surface area contributed by atoms with E-state index in [1.54, 1.807) is 31.2 Å². The zero-order chi connectivity index (χ0) is 21.7. The van der Waals surface area contributed by atoms with E-state index in [0.29, 0.717) is 0 Å². The van der Waals surface area contributed by atoms with E-state index in [-0.39, 0.29) is 19.6 Å². The largest absolute Gasteiger partial charge is 0.467 e. The number of amides is 1. The van der Waals surface area contributed by atoms with Crippen molar-refractivity contribution in [3.8, 4) is 0 Å². The summed E-state index contributed by atoms with van der Waals surface area (Å²) >= 11 is 5.45. The lowest BCUT2D eigenvalue weighted by molar-refractivity contribution is -0.149. The Balaban J connectivity index is 2.32. The van der Waals surface area contributed by atoms with Crippen molar-refractivity contribution in [2.24, 2.45) is 5.41 Å². The quantitative estimate of drug-likeness (QED) is 0.262. The van der Waals surface area contributed by atoms with Crippen LogP contribution < -0.4 is 0 Å². The Hall–Kier alpha value is -2.10. The van der Waals surface area contributed by atoms with Gasteiger partial charge in [-0.2, -0.15) is 8.42 Å². The maximum absolute atomic E-state index is 12.8. The van der Waals surface area contributed by atoms with Crippen LogP contribution in [-0.2, 0) is 35.2 Å². The molecule has 1 aliphatic heterocycles. The van der Waals surface area contributed by atoms with E-state index in [1.807, 2.05) is 6.07 Å². The van der Waals surface area contributed by atoms with E-state index < -0.39 is 45.0 Å². The summed E-state index contributed by atoms with van der Waals surface area (Å²) < 4.78 is 39.3. The normalized spacial score (nSPS) is 24.2. The molecule has 1 aliphatic rings.